The van der Waals surface area contributed by atoms with Crippen LogP contribution >= 0.6 is 0 Å². The highest BCUT2D eigenvalue weighted by Crippen LogP contribution is 2.17. The Kier molecular flexibility index (Phi) is 15.7. The fourth-order valence-corrected chi connectivity index (χ4v) is 4.63. The van der Waals surface area contributed by atoms with Crippen LogP contribution < -0.4 is 26.6 Å². The Hall–Kier alpha value is -4.81. The lowest BCUT2D eigenvalue weighted by molar-refractivity contribution is -0.148. The second-order valence-electron chi connectivity index (χ2n) is 11.1. The van der Waals surface area contributed by atoms with Gasteiger partial charge in [0, 0.05) is 6.54 Å². The number of amides is 6. The quantitative estimate of drug-likeness (QED) is 0.0803. The highest BCUT2D eigenvalue weighted by Gasteiger charge is 2.37. The van der Waals surface area contributed by atoms with Crippen LogP contribution in [0.1, 0.15) is 39.2 Å². The van der Waals surface area contributed by atoms with Crippen molar-refractivity contribution in [2.24, 2.45) is 0 Å². The summed E-state index contributed by atoms with van der Waals surface area (Å²) in [6, 6.07) is 2.08. The fourth-order valence-electron chi connectivity index (χ4n) is 4.63. The maximum absolute atomic E-state index is 13.0. The molecule has 1 aliphatic rings. The van der Waals surface area contributed by atoms with Gasteiger partial charge in [-0.25, -0.2) is 9.59 Å². The Bertz CT molecular complexity index is 1290. The molecule has 266 valence electrons. The summed E-state index contributed by atoms with van der Waals surface area (Å²) in [5.41, 5.74) is 0.680. The number of aliphatic hydroxyl groups is 3. The minimum absolute atomic E-state index is 0.105. The zero-order chi connectivity index (χ0) is 36.0. The first kappa shape index (κ1) is 39.4. The molecule has 0 aliphatic carbocycles. The van der Waals surface area contributed by atoms with Crippen LogP contribution in [-0.2, 0) is 44.8 Å². The number of hydrogen-bond acceptors (Lipinski definition) is 12. The number of methoxy groups -OCH3 is 1. The summed E-state index contributed by atoms with van der Waals surface area (Å²) in [4.78, 5) is 89.2. The molecule has 0 radical (unpaired) electrons. The molecular weight excluding hydrogens is 636 g/mol. The lowest BCUT2D eigenvalue weighted by Crippen LogP contribution is -2.59. The minimum Gasteiger partial charge on any atom is -0.467 e. The Balaban J connectivity index is 1.91. The third-order valence-corrected chi connectivity index (χ3v) is 7.34. The topological polar surface area (TPSA) is 262 Å². The molecule has 0 spiro atoms. The molecule has 0 unspecified atom stereocenters. The van der Waals surface area contributed by atoms with Gasteiger partial charge in [-0.1, -0.05) is 30.3 Å². The Morgan fingerprint density at radius 2 is 1.52 bits per heavy atom. The Labute approximate surface area is 276 Å². The van der Waals surface area contributed by atoms with Gasteiger partial charge in [-0.3, -0.25) is 24.0 Å². The van der Waals surface area contributed by atoms with Gasteiger partial charge in [0.2, 0.25) is 29.5 Å². The smallest absolute Gasteiger partial charge is 0.408 e. The van der Waals surface area contributed by atoms with Gasteiger partial charge in [0.05, 0.1) is 32.5 Å². The molecule has 2 rings (SSSR count). The van der Waals surface area contributed by atoms with Crippen molar-refractivity contribution in [2.75, 3.05) is 26.8 Å². The fraction of sp³-hybridized carbons (Fsp3) is 0.567. The van der Waals surface area contributed by atoms with E-state index >= 15 is 0 Å². The molecular formula is C30H44N6O12. The van der Waals surface area contributed by atoms with E-state index in [4.69, 9.17) is 4.74 Å². The molecule has 1 saturated heterocycles. The second kappa shape index (κ2) is 19.1. The Morgan fingerprint density at radius 1 is 0.875 bits per heavy atom. The molecule has 6 amide bonds. The van der Waals surface area contributed by atoms with E-state index in [-0.39, 0.29) is 19.6 Å². The van der Waals surface area contributed by atoms with E-state index in [0.717, 1.165) is 7.11 Å². The predicted molar refractivity (Wildman–Crippen MR) is 165 cm³/mol. The van der Waals surface area contributed by atoms with Crippen LogP contribution in [0.2, 0.25) is 0 Å². The first-order valence-corrected chi connectivity index (χ1v) is 15.2. The number of nitrogens with one attached hydrogen (secondary N) is 5. The molecule has 1 aromatic rings. The number of likely N-dealkylation sites (tertiary alicyclic amines) is 1. The van der Waals surface area contributed by atoms with Crippen molar-refractivity contribution in [2.45, 2.75) is 82.6 Å². The average Bonchev–Trinajstić information content (AvgIpc) is 3.56. The van der Waals surface area contributed by atoms with E-state index in [2.05, 4.69) is 31.3 Å². The van der Waals surface area contributed by atoms with Crippen LogP contribution in [0.3, 0.4) is 0 Å². The molecule has 0 aromatic heterocycles. The van der Waals surface area contributed by atoms with E-state index in [9.17, 15) is 48.9 Å². The summed E-state index contributed by atoms with van der Waals surface area (Å²) in [6.07, 6.45) is -3.00. The number of hydrogen-bond donors (Lipinski definition) is 8. The van der Waals surface area contributed by atoms with Crippen molar-refractivity contribution < 1.29 is 58.4 Å². The zero-order valence-corrected chi connectivity index (χ0v) is 27.1. The normalized spacial score (nSPS) is 17.7. The largest absolute Gasteiger partial charge is 0.467 e. The highest BCUT2D eigenvalue weighted by molar-refractivity contribution is 5.96. The van der Waals surface area contributed by atoms with Gasteiger partial charge in [0.1, 0.15) is 30.8 Å². The number of carbonyl (C=O) groups is 7. The molecule has 8 N–H and O–H groups in total. The van der Waals surface area contributed by atoms with E-state index in [1.807, 2.05) is 0 Å². The second-order valence-corrected chi connectivity index (χ2v) is 11.1. The standard InChI is InChI=1S/C30H44N6O12/c1-16(25(41)34-24(18(3)39)29(45)47-4)32-27(43)21-11-8-12-36(21)22(40)13-31-26(42)20(14-37)33-28(44)23(17(2)38)35-30(46)48-15-19-9-6-5-7-10-19/h5-7,9-10,16-18,20-21,23-24,37-39H,8,11-15H2,1-4H3,(H,31,42)(H,32,43)(H,33,44)(H,34,41)(H,35,46)/t16-,17+,18+,20-,21-,23-,24-/m0/s1. The SMILES string of the molecule is COC(=O)[C@@H](NC(=O)[C@H](C)NC(=O)[C@@H]1CCCN1C(=O)CNC(=O)[C@H](CO)NC(=O)[C@@H](NC(=O)OCc1ccccc1)[C@@H](C)O)[C@@H](C)O. The number of esters is 1. The predicted octanol–water partition coefficient (Wildman–Crippen LogP) is -3.21. The molecule has 1 aliphatic heterocycles. The van der Waals surface area contributed by atoms with Crippen molar-refractivity contribution in [3.05, 3.63) is 35.9 Å². The van der Waals surface area contributed by atoms with E-state index in [0.29, 0.717) is 12.0 Å². The Morgan fingerprint density at radius 3 is 2.10 bits per heavy atom. The third kappa shape index (κ3) is 11.8. The summed E-state index contributed by atoms with van der Waals surface area (Å²) in [5, 5.41) is 41.0. The minimum atomic E-state index is -1.57. The molecule has 0 bridgehead atoms. The monoisotopic (exact) mass is 680 g/mol. The average molecular weight is 681 g/mol. The van der Waals surface area contributed by atoms with Crippen LogP contribution in [-0.4, -0.2) is 131 Å². The lowest BCUT2D eigenvalue weighted by Gasteiger charge is -2.27. The lowest BCUT2D eigenvalue weighted by atomic mass is 10.1. The molecule has 7 atom stereocenters. The van der Waals surface area contributed by atoms with E-state index < -0.39 is 97.2 Å². The van der Waals surface area contributed by atoms with Gasteiger partial charge < -0.3 is 56.3 Å². The molecule has 1 heterocycles. The van der Waals surface area contributed by atoms with Gasteiger partial charge >= 0.3 is 12.1 Å². The third-order valence-electron chi connectivity index (χ3n) is 7.34. The number of aliphatic hydroxyl groups excluding tert-OH is 3. The van der Waals surface area contributed by atoms with Crippen molar-refractivity contribution >= 4 is 41.6 Å². The number of ether oxygens (including phenoxy) is 2. The van der Waals surface area contributed by atoms with Gasteiger partial charge in [-0.05, 0) is 39.2 Å². The van der Waals surface area contributed by atoms with Crippen molar-refractivity contribution in [3.63, 3.8) is 0 Å². The van der Waals surface area contributed by atoms with Gasteiger partial charge in [-0.15, -0.1) is 0 Å². The van der Waals surface area contributed by atoms with Gasteiger partial charge in [0.25, 0.3) is 0 Å². The molecule has 48 heavy (non-hydrogen) atoms. The number of carbonyl (C=O) groups excluding carboxylic acids is 7. The van der Waals surface area contributed by atoms with Crippen LogP contribution in [0.15, 0.2) is 30.3 Å². The van der Waals surface area contributed by atoms with Gasteiger partial charge in [-0.2, -0.15) is 0 Å². The van der Waals surface area contributed by atoms with Crippen molar-refractivity contribution in [1.82, 2.24) is 31.5 Å². The molecule has 18 heteroatoms. The van der Waals surface area contributed by atoms with E-state index in [1.54, 1.807) is 30.3 Å². The number of alkyl carbamates (subject to hydrolysis) is 1. The van der Waals surface area contributed by atoms with Crippen LogP contribution in [0.25, 0.3) is 0 Å². The molecule has 18 nitrogen and oxygen atoms in total. The maximum Gasteiger partial charge on any atom is 0.408 e. The molecule has 1 aromatic carbocycles. The summed E-state index contributed by atoms with van der Waals surface area (Å²) >= 11 is 0. The van der Waals surface area contributed by atoms with Crippen LogP contribution in [0, 0.1) is 0 Å². The van der Waals surface area contributed by atoms with E-state index in [1.165, 1.54) is 25.7 Å². The first-order chi connectivity index (χ1) is 22.7. The summed E-state index contributed by atoms with van der Waals surface area (Å²) in [7, 11) is 1.09. The maximum atomic E-state index is 13.0. The first-order valence-electron chi connectivity index (χ1n) is 15.2. The van der Waals surface area contributed by atoms with Crippen LogP contribution in [0.4, 0.5) is 4.79 Å². The molecule has 0 saturated carbocycles. The number of rotatable bonds is 16. The van der Waals surface area contributed by atoms with Gasteiger partial charge in [0.15, 0.2) is 6.04 Å². The van der Waals surface area contributed by atoms with Crippen molar-refractivity contribution in [1.29, 1.82) is 0 Å². The molecule has 1 fully saturated rings. The summed E-state index contributed by atoms with van der Waals surface area (Å²) in [6.45, 7) is 2.41. The highest BCUT2D eigenvalue weighted by atomic mass is 16.5. The summed E-state index contributed by atoms with van der Waals surface area (Å²) < 4.78 is 9.61. The number of nitrogens with zero attached hydrogens (tertiary/aromatic N) is 1. The summed E-state index contributed by atoms with van der Waals surface area (Å²) in [5.74, 6) is -4.96. The zero-order valence-electron chi connectivity index (χ0n) is 27.1. The van der Waals surface area contributed by atoms with Crippen molar-refractivity contribution in [3.8, 4) is 0 Å². The number of benzene rings is 1. The van der Waals surface area contributed by atoms with Crippen LogP contribution in [0.5, 0.6) is 0 Å².